The Bertz CT molecular complexity index is 661. The SMILES string of the molecule is Fc1ccc2c(c1)CC(COc1c(Cl)cccc1CCl)O2. The molecule has 0 saturated heterocycles. The van der Waals surface area contributed by atoms with E-state index in [0.717, 1.165) is 11.1 Å². The smallest absolute Gasteiger partial charge is 0.142 e. The fourth-order valence-electron chi connectivity index (χ4n) is 2.38. The van der Waals surface area contributed by atoms with Gasteiger partial charge >= 0.3 is 0 Å². The van der Waals surface area contributed by atoms with Crippen molar-refractivity contribution < 1.29 is 13.9 Å². The summed E-state index contributed by atoms with van der Waals surface area (Å²) in [5.74, 6) is 1.36. The Morgan fingerprint density at radius 2 is 2.14 bits per heavy atom. The molecule has 0 aromatic heterocycles. The summed E-state index contributed by atoms with van der Waals surface area (Å²) >= 11 is 12.0. The molecule has 0 bridgehead atoms. The third kappa shape index (κ3) is 3.09. The quantitative estimate of drug-likeness (QED) is 0.764. The molecule has 5 heteroatoms. The summed E-state index contributed by atoms with van der Waals surface area (Å²) in [6.45, 7) is 0.337. The first kappa shape index (κ1) is 14.5. The van der Waals surface area contributed by atoms with E-state index < -0.39 is 0 Å². The topological polar surface area (TPSA) is 18.5 Å². The molecule has 1 aliphatic heterocycles. The lowest BCUT2D eigenvalue weighted by molar-refractivity contribution is 0.148. The third-order valence-corrected chi connectivity index (χ3v) is 3.96. The number of hydrogen-bond donors (Lipinski definition) is 0. The Balaban J connectivity index is 1.68. The van der Waals surface area contributed by atoms with Gasteiger partial charge in [0.25, 0.3) is 0 Å². The van der Waals surface area contributed by atoms with Crippen LogP contribution in [0.3, 0.4) is 0 Å². The molecular weight excluding hydrogens is 314 g/mol. The summed E-state index contributed by atoms with van der Waals surface area (Å²) < 4.78 is 24.7. The molecule has 1 heterocycles. The van der Waals surface area contributed by atoms with E-state index in [9.17, 15) is 4.39 Å². The number of rotatable bonds is 4. The maximum Gasteiger partial charge on any atom is 0.142 e. The molecule has 21 heavy (non-hydrogen) atoms. The maximum absolute atomic E-state index is 13.2. The molecule has 2 aromatic rings. The highest BCUT2D eigenvalue weighted by atomic mass is 35.5. The van der Waals surface area contributed by atoms with Gasteiger partial charge in [0.15, 0.2) is 0 Å². The molecule has 0 saturated carbocycles. The summed E-state index contributed by atoms with van der Waals surface area (Å²) in [5, 5.41) is 0.523. The number of benzene rings is 2. The van der Waals surface area contributed by atoms with Gasteiger partial charge in [0, 0.05) is 17.5 Å². The number of halogens is 3. The fraction of sp³-hybridized carbons (Fsp3) is 0.250. The highest BCUT2D eigenvalue weighted by Crippen LogP contribution is 2.32. The average molecular weight is 327 g/mol. The van der Waals surface area contributed by atoms with Crippen LogP contribution in [0.25, 0.3) is 0 Å². The molecular formula is C16H13Cl2FO2. The summed E-state index contributed by atoms with van der Waals surface area (Å²) in [5.41, 5.74) is 1.70. The molecule has 2 aromatic carbocycles. The van der Waals surface area contributed by atoms with Crippen molar-refractivity contribution >= 4 is 23.2 Å². The van der Waals surface area contributed by atoms with Crippen LogP contribution >= 0.6 is 23.2 Å². The van der Waals surface area contributed by atoms with Crippen molar-refractivity contribution in [2.45, 2.75) is 18.4 Å². The second kappa shape index (κ2) is 6.12. The molecule has 1 atom stereocenters. The van der Waals surface area contributed by atoms with Crippen molar-refractivity contribution in [3.8, 4) is 11.5 Å². The second-order valence-corrected chi connectivity index (χ2v) is 5.54. The van der Waals surface area contributed by atoms with Crippen LogP contribution in [0, 0.1) is 5.82 Å². The van der Waals surface area contributed by atoms with Crippen LogP contribution in [0.5, 0.6) is 11.5 Å². The minimum atomic E-state index is -0.255. The highest BCUT2D eigenvalue weighted by Gasteiger charge is 2.24. The van der Waals surface area contributed by atoms with Gasteiger partial charge < -0.3 is 9.47 Å². The van der Waals surface area contributed by atoms with E-state index >= 15 is 0 Å². The van der Waals surface area contributed by atoms with Gasteiger partial charge in [-0.2, -0.15) is 0 Å². The first-order chi connectivity index (χ1) is 10.2. The summed E-state index contributed by atoms with van der Waals surface area (Å²) in [7, 11) is 0. The maximum atomic E-state index is 13.2. The van der Waals surface area contributed by atoms with Crippen LogP contribution in [-0.4, -0.2) is 12.7 Å². The number of hydrogen-bond acceptors (Lipinski definition) is 2. The largest absolute Gasteiger partial charge is 0.488 e. The Morgan fingerprint density at radius 3 is 2.95 bits per heavy atom. The van der Waals surface area contributed by atoms with E-state index in [-0.39, 0.29) is 11.9 Å². The normalized spacial score (nSPS) is 16.4. The molecule has 2 nitrogen and oxygen atoms in total. The van der Waals surface area contributed by atoms with Crippen LogP contribution in [-0.2, 0) is 12.3 Å². The third-order valence-electron chi connectivity index (χ3n) is 3.37. The second-order valence-electron chi connectivity index (χ2n) is 4.87. The first-order valence-electron chi connectivity index (χ1n) is 6.58. The lowest BCUT2D eigenvalue weighted by atomic mass is 10.1. The number of alkyl halides is 1. The van der Waals surface area contributed by atoms with Gasteiger partial charge in [0.05, 0.1) is 10.9 Å². The van der Waals surface area contributed by atoms with Crippen molar-refractivity contribution in [1.82, 2.24) is 0 Å². The van der Waals surface area contributed by atoms with Crippen molar-refractivity contribution in [2.75, 3.05) is 6.61 Å². The van der Waals surface area contributed by atoms with E-state index in [2.05, 4.69) is 0 Å². The van der Waals surface area contributed by atoms with Gasteiger partial charge in [-0.25, -0.2) is 4.39 Å². The summed E-state index contributed by atoms with van der Waals surface area (Å²) in [4.78, 5) is 0. The minimum Gasteiger partial charge on any atom is -0.488 e. The van der Waals surface area contributed by atoms with Crippen molar-refractivity contribution in [3.05, 3.63) is 58.4 Å². The molecule has 3 rings (SSSR count). The van der Waals surface area contributed by atoms with E-state index in [4.69, 9.17) is 32.7 Å². The molecule has 0 amide bonds. The number of para-hydroxylation sites is 1. The molecule has 1 unspecified atom stereocenters. The Morgan fingerprint density at radius 1 is 1.29 bits per heavy atom. The first-order valence-corrected chi connectivity index (χ1v) is 7.50. The van der Waals surface area contributed by atoms with E-state index in [1.54, 1.807) is 12.1 Å². The van der Waals surface area contributed by atoms with E-state index in [1.165, 1.54) is 12.1 Å². The van der Waals surface area contributed by atoms with Crippen LogP contribution < -0.4 is 9.47 Å². The van der Waals surface area contributed by atoms with Gasteiger partial charge in [-0.15, -0.1) is 11.6 Å². The van der Waals surface area contributed by atoms with Gasteiger partial charge in [0.1, 0.15) is 30.0 Å². The standard InChI is InChI=1S/C16H13Cl2FO2/c17-8-10-2-1-3-14(18)16(10)20-9-13-7-11-6-12(19)4-5-15(11)21-13/h1-6,13H,7-9H2. The summed E-state index contributed by atoms with van der Waals surface area (Å²) in [6, 6.07) is 9.99. The van der Waals surface area contributed by atoms with Gasteiger partial charge in [-0.1, -0.05) is 23.7 Å². The molecule has 110 valence electrons. The molecule has 1 aliphatic rings. The van der Waals surface area contributed by atoms with Crippen molar-refractivity contribution in [2.24, 2.45) is 0 Å². The monoisotopic (exact) mass is 326 g/mol. The van der Waals surface area contributed by atoms with Crippen LogP contribution in [0.2, 0.25) is 5.02 Å². The van der Waals surface area contributed by atoms with E-state index in [0.29, 0.717) is 35.4 Å². The van der Waals surface area contributed by atoms with Crippen LogP contribution in [0.15, 0.2) is 36.4 Å². The zero-order valence-electron chi connectivity index (χ0n) is 11.1. The number of fused-ring (bicyclic) bond motifs is 1. The predicted molar refractivity (Wildman–Crippen MR) is 81.0 cm³/mol. The lowest BCUT2D eigenvalue weighted by Crippen LogP contribution is -2.22. The van der Waals surface area contributed by atoms with Crippen LogP contribution in [0.1, 0.15) is 11.1 Å². The van der Waals surface area contributed by atoms with Crippen LogP contribution in [0.4, 0.5) is 4.39 Å². The van der Waals surface area contributed by atoms with Crippen molar-refractivity contribution in [3.63, 3.8) is 0 Å². The molecule has 0 N–H and O–H groups in total. The van der Waals surface area contributed by atoms with Gasteiger partial charge in [-0.3, -0.25) is 0 Å². The molecule has 0 aliphatic carbocycles. The molecule has 0 radical (unpaired) electrons. The Labute approximate surface area is 132 Å². The fourth-order valence-corrected chi connectivity index (χ4v) is 2.84. The number of ether oxygens (including phenoxy) is 2. The lowest BCUT2D eigenvalue weighted by Gasteiger charge is -2.15. The molecule has 0 fully saturated rings. The molecule has 0 spiro atoms. The predicted octanol–water partition coefficient (Wildman–Crippen LogP) is 4.60. The van der Waals surface area contributed by atoms with Gasteiger partial charge in [0.2, 0.25) is 0 Å². The van der Waals surface area contributed by atoms with Crippen molar-refractivity contribution in [1.29, 1.82) is 0 Å². The van der Waals surface area contributed by atoms with Gasteiger partial charge in [-0.05, 0) is 24.3 Å². The minimum absolute atomic E-state index is 0.152. The average Bonchev–Trinajstić information content (AvgIpc) is 2.87. The summed E-state index contributed by atoms with van der Waals surface area (Å²) in [6.07, 6.45) is 0.467. The zero-order valence-corrected chi connectivity index (χ0v) is 12.6. The Kier molecular flexibility index (Phi) is 4.22. The Hall–Kier alpha value is -1.45. The zero-order chi connectivity index (χ0) is 14.8. The highest BCUT2D eigenvalue weighted by molar-refractivity contribution is 6.32. The van der Waals surface area contributed by atoms with E-state index in [1.807, 2.05) is 12.1 Å².